The maximum atomic E-state index is 13.2. The summed E-state index contributed by atoms with van der Waals surface area (Å²) in [7, 11) is 0. The van der Waals surface area contributed by atoms with Crippen molar-refractivity contribution >= 4 is 22.5 Å². The highest BCUT2D eigenvalue weighted by Crippen LogP contribution is 2.29. The monoisotopic (exact) mass is 383 g/mol. The Kier molecular flexibility index (Phi) is 4.98. The molecule has 0 atom stereocenters. The number of rotatable bonds is 3. The lowest BCUT2D eigenvalue weighted by molar-refractivity contribution is 0.0685. The summed E-state index contributed by atoms with van der Waals surface area (Å²) in [5, 5.41) is 1.13. The van der Waals surface area contributed by atoms with Crippen LogP contribution in [0.1, 0.15) is 41.3 Å². The Morgan fingerprint density at radius 2 is 2.00 bits per heavy atom. The molecule has 1 aliphatic rings. The molecule has 0 unspecified atom stereocenters. The Balaban J connectivity index is 1.80. The summed E-state index contributed by atoms with van der Waals surface area (Å²) in [6.45, 7) is 5.29. The molecule has 4 rings (SSSR count). The predicted octanol–water partition coefficient (Wildman–Crippen LogP) is 4.00. The fourth-order valence-electron chi connectivity index (χ4n) is 3.62. The Labute approximate surface area is 163 Å². The molecule has 140 valence electrons. The van der Waals surface area contributed by atoms with Crippen LogP contribution in [0, 0.1) is 13.8 Å². The normalized spacial score (nSPS) is 15.4. The number of hydrogen-bond donors (Lipinski definition) is 0. The molecule has 1 fully saturated rings. The summed E-state index contributed by atoms with van der Waals surface area (Å²) in [5.74, 6) is 0. The predicted molar refractivity (Wildman–Crippen MR) is 107 cm³/mol. The van der Waals surface area contributed by atoms with Gasteiger partial charge in [0.15, 0.2) is 0 Å². The van der Waals surface area contributed by atoms with Gasteiger partial charge in [-0.3, -0.25) is 14.3 Å². The average Bonchev–Trinajstić information content (AvgIpc) is 2.69. The first-order valence-electron chi connectivity index (χ1n) is 9.22. The lowest BCUT2D eigenvalue weighted by Gasteiger charge is -2.24. The quantitative estimate of drug-likeness (QED) is 0.685. The zero-order chi connectivity index (χ0) is 19.0. The molecule has 0 spiro atoms. The number of halogens is 1. The topological polar surface area (TPSA) is 57.0 Å². The molecule has 6 heteroatoms. The zero-order valence-corrected chi connectivity index (χ0v) is 16.3. The minimum atomic E-state index is -0.0305. The molecular formula is C21H22ClN3O2. The van der Waals surface area contributed by atoms with Crippen LogP contribution in [0.4, 0.5) is 0 Å². The molecule has 5 nitrogen and oxygen atoms in total. The van der Waals surface area contributed by atoms with Gasteiger partial charge in [0.2, 0.25) is 0 Å². The number of pyridine rings is 1. The van der Waals surface area contributed by atoms with E-state index in [4.69, 9.17) is 16.3 Å². The SMILES string of the molecule is Cc1ccc(Cc2cc3c(=O)n(C4CCOCC4)cnc3c(Cl)c2C)cn1. The average molecular weight is 384 g/mol. The van der Waals surface area contributed by atoms with Gasteiger partial charge < -0.3 is 4.74 Å². The number of fused-ring (bicyclic) bond motifs is 1. The molecule has 1 aromatic carbocycles. The van der Waals surface area contributed by atoms with Crippen LogP contribution in [0.2, 0.25) is 5.02 Å². The lowest BCUT2D eigenvalue weighted by Crippen LogP contribution is -2.29. The third kappa shape index (κ3) is 3.49. The van der Waals surface area contributed by atoms with E-state index in [1.807, 2.05) is 32.2 Å². The van der Waals surface area contributed by atoms with Crippen LogP contribution in [0.15, 0.2) is 35.5 Å². The third-order valence-corrected chi connectivity index (χ3v) is 5.78. The fourth-order valence-corrected chi connectivity index (χ4v) is 3.89. The summed E-state index contributed by atoms with van der Waals surface area (Å²) in [6, 6.07) is 6.13. The Hall–Kier alpha value is -2.24. The van der Waals surface area contributed by atoms with Gasteiger partial charge in [-0.1, -0.05) is 17.7 Å². The van der Waals surface area contributed by atoms with Gasteiger partial charge >= 0.3 is 0 Å². The summed E-state index contributed by atoms with van der Waals surface area (Å²) < 4.78 is 7.16. The van der Waals surface area contributed by atoms with Gasteiger partial charge in [0.1, 0.15) is 0 Å². The number of benzene rings is 1. The molecule has 27 heavy (non-hydrogen) atoms. The van der Waals surface area contributed by atoms with Gasteiger partial charge in [0.25, 0.3) is 5.56 Å². The first kappa shape index (κ1) is 18.1. The first-order valence-corrected chi connectivity index (χ1v) is 9.60. The molecule has 3 heterocycles. The molecule has 1 saturated heterocycles. The number of nitrogens with zero attached hydrogens (tertiary/aromatic N) is 3. The summed E-state index contributed by atoms with van der Waals surface area (Å²) in [4.78, 5) is 22.0. The Bertz CT molecular complexity index is 1040. The molecule has 3 aromatic rings. The molecule has 0 radical (unpaired) electrons. The fraction of sp³-hybridized carbons (Fsp3) is 0.381. The second-order valence-corrected chi connectivity index (χ2v) is 7.53. The van der Waals surface area contributed by atoms with Crippen molar-refractivity contribution in [2.75, 3.05) is 13.2 Å². The van der Waals surface area contributed by atoms with Crippen molar-refractivity contribution < 1.29 is 4.74 Å². The summed E-state index contributed by atoms with van der Waals surface area (Å²) in [6.07, 6.45) is 5.84. The molecule has 0 bridgehead atoms. The molecule has 0 saturated carbocycles. The van der Waals surface area contributed by atoms with Crippen LogP contribution >= 0.6 is 11.6 Å². The van der Waals surface area contributed by atoms with Crippen molar-refractivity contribution in [3.05, 3.63) is 68.5 Å². The smallest absolute Gasteiger partial charge is 0.261 e. The Morgan fingerprint density at radius 3 is 2.70 bits per heavy atom. The number of aryl methyl sites for hydroxylation is 1. The highest BCUT2D eigenvalue weighted by molar-refractivity contribution is 6.35. The molecule has 2 aromatic heterocycles. The minimum absolute atomic E-state index is 0.0305. The van der Waals surface area contributed by atoms with Crippen LogP contribution in [0.5, 0.6) is 0 Å². The molecule has 0 N–H and O–H groups in total. The standard InChI is InChI=1S/C21H22ClN3O2/c1-13-3-4-15(11-23-13)9-16-10-18-20(19(22)14(16)2)24-12-25(21(18)26)17-5-7-27-8-6-17/h3-4,10-12,17H,5-9H2,1-2H3. The van der Waals surface area contributed by atoms with E-state index in [1.54, 1.807) is 10.9 Å². The van der Waals surface area contributed by atoms with Gasteiger partial charge in [-0.25, -0.2) is 4.98 Å². The molecular weight excluding hydrogens is 362 g/mol. The number of aromatic nitrogens is 3. The van der Waals surface area contributed by atoms with Gasteiger partial charge in [0, 0.05) is 31.1 Å². The van der Waals surface area contributed by atoms with Crippen molar-refractivity contribution in [3.8, 4) is 0 Å². The number of hydrogen-bond acceptors (Lipinski definition) is 4. The lowest BCUT2D eigenvalue weighted by atomic mass is 9.99. The van der Waals surface area contributed by atoms with E-state index in [0.29, 0.717) is 35.6 Å². The second kappa shape index (κ2) is 7.41. The van der Waals surface area contributed by atoms with Gasteiger partial charge in [-0.05, 0) is 61.9 Å². The van der Waals surface area contributed by atoms with E-state index < -0.39 is 0 Å². The zero-order valence-electron chi connectivity index (χ0n) is 15.5. The summed E-state index contributed by atoms with van der Waals surface area (Å²) >= 11 is 6.59. The molecule has 1 aliphatic heterocycles. The van der Waals surface area contributed by atoms with E-state index in [0.717, 1.165) is 35.2 Å². The van der Waals surface area contributed by atoms with Crippen LogP contribution < -0.4 is 5.56 Å². The van der Waals surface area contributed by atoms with Gasteiger partial charge in [-0.15, -0.1) is 0 Å². The van der Waals surface area contributed by atoms with Crippen molar-refractivity contribution in [1.29, 1.82) is 0 Å². The van der Waals surface area contributed by atoms with E-state index >= 15 is 0 Å². The first-order chi connectivity index (χ1) is 13.0. The highest BCUT2D eigenvalue weighted by Gasteiger charge is 2.20. The second-order valence-electron chi connectivity index (χ2n) is 7.16. The highest BCUT2D eigenvalue weighted by atomic mass is 35.5. The van der Waals surface area contributed by atoms with E-state index in [-0.39, 0.29) is 11.6 Å². The maximum Gasteiger partial charge on any atom is 0.261 e. The van der Waals surface area contributed by atoms with Crippen LogP contribution in [-0.2, 0) is 11.2 Å². The van der Waals surface area contributed by atoms with Crippen molar-refractivity contribution in [1.82, 2.24) is 14.5 Å². The van der Waals surface area contributed by atoms with Crippen molar-refractivity contribution in [2.24, 2.45) is 0 Å². The number of ether oxygens (including phenoxy) is 1. The van der Waals surface area contributed by atoms with Crippen LogP contribution in [0.3, 0.4) is 0 Å². The van der Waals surface area contributed by atoms with E-state index in [9.17, 15) is 4.79 Å². The van der Waals surface area contributed by atoms with Crippen LogP contribution in [-0.4, -0.2) is 27.7 Å². The largest absolute Gasteiger partial charge is 0.381 e. The third-order valence-electron chi connectivity index (χ3n) is 5.32. The van der Waals surface area contributed by atoms with Gasteiger partial charge in [-0.2, -0.15) is 0 Å². The van der Waals surface area contributed by atoms with Gasteiger partial charge in [0.05, 0.1) is 22.3 Å². The minimum Gasteiger partial charge on any atom is -0.381 e. The molecule has 0 aliphatic carbocycles. The van der Waals surface area contributed by atoms with Crippen molar-refractivity contribution in [2.45, 2.75) is 39.2 Å². The van der Waals surface area contributed by atoms with E-state index in [2.05, 4.69) is 16.0 Å². The van der Waals surface area contributed by atoms with E-state index in [1.165, 1.54) is 0 Å². The Morgan fingerprint density at radius 1 is 1.22 bits per heavy atom. The van der Waals surface area contributed by atoms with Crippen LogP contribution in [0.25, 0.3) is 10.9 Å². The summed E-state index contributed by atoms with van der Waals surface area (Å²) in [5.41, 5.74) is 4.61. The maximum absolute atomic E-state index is 13.2. The van der Waals surface area contributed by atoms with Crippen molar-refractivity contribution in [3.63, 3.8) is 0 Å². The molecule has 0 amide bonds.